The number of benzene rings is 2. The Kier molecular flexibility index (Phi) is 9.34. The Hall–Kier alpha value is -4.73. The summed E-state index contributed by atoms with van der Waals surface area (Å²) in [6, 6.07) is 13.8. The van der Waals surface area contributed by atoms with Crippen molar-refractivity contribution in [3.63, 3.8) is 0 Å². The number of hydrogen-bond donors (Lipinski definition) is 3. The topological polar surface area (TPSA) is 124 Å². The first-order valence-electron chi connectivity index (χ1n) is 13.2. The van der Waals surface area contributed by atoms with Crippen molar-refractivity contribution in [3.05, 3.63) is 75.4 Å². The van der Waals surface area contributed by atoms with Crippen molar-refractivity contribution in [1.82, 2.24) is 10.6 Å². The van der Waals surface area contributed by atoms with Crippen molar-refractivity contribution in [2.45, 2.75) is 32.4 Å². The highest BCUT2D eigenvalue weighted by atomic mass is 16.5. The van der Waals surface area contributed by atoms with Gasteiger partial charge in [0.2, 0.25) is 23.0 Å². The van der Waals surface area contributed by atoms with Gasteiger partial charge in [-0.1, -0.05) is 18.2 Å². The number of methoxy groups -OCH3 is 4. The van der Waals surface area contributed by atoms with E-state index in [9.17, 15) is 14.4 Å². The van der Waals surface area contributed by atoms with E-state index in [0.29, 0.717) is 47.8 Å². The minimum absolute atomic E-state index is 0.0971. The Balaban J connectivity index is 1.67. The molecule has 2 amide bonds. The fourth-order valence-corrected chi connectivity index (χ4v) is 5.04. The van der Waals surface area contributed by atoms with Crippen LogP contribution in [0.15, 0.2) is 53.3 Å². The van der Waals surface area contributed by atoms with Crippen molar-refractivity contribution >= 4 is 17.5 Å². The summed E-state index contributed by atoms with van der Waals surface area (Å²) in [5, 5.41) is 8.79. The molecule has 0 fully saturated rings. The van der Waals surface area contributed by atoms with Gasteiger partial charge in [-0.05, 0) is 65.4 Å². The number of nitrogens with one attached hydrogen (secondary N) is 3. The minimum Gasteiger partial charge on any atom is -0.497 e. The molecule has 0 radical (unpaired) electrons. The Morgan fingerprint density at radius 3 is 2.27 bits per heavy atom. The van der Waals surface area contributed by atoms with Crippen LogP contribution in [0.25, 0.3) is 11.1 Å². The van der Waals surface area contributed by atoms with Gasteiger partial charge in [0.05, 0.1) is 46.7 Å². The molecule has 41 heavy (non-hydrogen) atoms. The van der Waals surface area contributed by atoms with Crippen LogP contribution in [-0.4, -0.2) is 46.8 Å². The lowest BCUT2D eigenvalue weighted by Gasteiger charge is -2.19. The molecule has 0 spiro atoms. The molecule has 0 aromatic heterocycles. The average molecular weight is 562 g/mol. The Bertz CT molecular complexity index is 1490. The van der Waals surface area contributed by atoms with E-state index in [-0.39, 0.29) is 29.5 Å². The summed E-state index contributed by atoms with van der Waals surface area (Å²) in [6.07, 6.45) is 1.15. The fraction of sp³-hybridized carbons (Fsp3) is 0.323. The van der Waals surface area contributed by atoms with Gasteiger partial charge in [0, 0.05) is 19.0 Å². The van der Waals surface area contributed by atoms with Crippen molar-refractivity contribution in [2.24, 2.45) is 0 Å². The molecule has 216 valence electrons. The first-order chi connectivity index (χ1) is 19.8. The Labute approximate surface area is 239 Å². The van der Waals surface area contributed by atoms with Crippen LogP contribution in [0.5, 0.6) is 23.0 Å². The van der Waals surface area contributed by atoms with E-state index in [1.54, 1.807) is 27.4 Å². The smallest absolute Gasteiger partial charge is 0.239 e. The highest BCUT2D eigenvalue weighted by Gasteiger charge is 2.29. The third kappa shape index (κ3) is 6.54. The number of carbonyl (C=O) groups is 2. The maximum absolute atomic E-state index is 13.4. The summed E-state index contributed by atoms with van der Waals surface area (Å²) >= 11 is 0. The summed E-state index contributed by atoms with van der Waals surface area (Å²) in [4.78, 5) is 38.1. The number of hydrogen-bond acceptors (Lipinski definition) is 8. The predicted octanol–water partition coefficient (Wildman–Crippen LogP) is 3.60. The largest absolute Gasteiger partial charge is 0.497 e. The van der Waals surface area contributed by atoms with Gasteiger partial charge in [0.25, 0.3) is 0 Å². The van der Waals surface area contributed by atoms with Crippen LogP contribution in [0.1, 0.15) is 36.1 Å². The van der Waals surface area contributed by atoms with E-state index in [2.05, 4.69) is 16.0 Å². The molecule has 0 saturated carbocycles. The molecule has 4 rings (SSSR count). The van der Waals surface area contributed by atoms with Crippen LogP contribution in [-0.2, 0) is 22.6 Å². The third-order valence-electron chi connectivity index (χ3n) is 7.00. The van der Waals surface area contributed by atoms with Gasteiger partial charge in [-0.25, -0.2) is 0 Å². The zero-order chi connectivity index (χ0) is 29.5. The summed E-state index contributed by atoms with van der Waals surface area (Å²) in [5.41, 5.74) is 3.90. The molecule has 1 aliphatic rings. The molecule has 0 bridgehead atoms. The molecule has 0 heterocycles. The predicted molar refractivity (Wildman–Crippen MR) is 156 cm³/mol. The fourth-order valence-electron chi connectivity index (χ4n) is 5.04. The number of carbonyl (C=O) groups excluding carboxylic acids is 2. The lowest BCUT2D eigenvalue weighted by atomic mass is 9.95. The molecular weight excluding hydrogens is 526 g/mol. The SMILES string of the molecule is COc1ccc(CNC(=O)CNc2ccc3c(cc2=O)C(NC(C)=O)CCc2cc(OC)c(OC)c(OC)c2-3)cc1. The van der Waals surface area contributed by atoms with Gasteiger partial charge < -0.3 is 34.9 Å². The van der Waals surface area contributed by atoms with Gasteiger partial charge in [0.1, 0.15) is 5.75 Å². The van der Waals surface area contributed by atoms with Gasteiger partial charge >= 0.3 is 0 Å². The monoisotopic (exact) mass is 561 g/mol. The zero-order valence-electron chi connectivity index (χ0n) is 23.9. The van der Waals surface area contributed by atoms with Crippen molar-refractivity contribution in [2.75, 3.05) is 40.3 Å². The molecule has 0 aliphatic heterocycles. The summed E-state index contributed by atoms with van der Waals surface area (Å²) < 4.78 is 22.2. The summed E-state index contributed by atoms with van der Waals surface area (Å²) in [5.74, 6) is 1.68. The number of aryl methyl sites for hydroxylation is 1. The minimum atomic E-state index is -0.419. The molecule has 3 aromatic carbocycles. The Morgan fingerprint density at radius 1 is 0.902 bits per heavy atom. The van der Waals surface area contributed by atoms with Gasteiger partial charge in [-0.3, -0.25) is 14.4 Å². The third-order valence-corrected chi connectivity index (χ3v) is 7.00. The van der Waals surface area contributed by atoms with Crippen LogP contribution in [0.2, 0.25) is 0 Å². The van der Waals surface area contributed by atoms with Crippen molar-refractivity contribution in [1.29, 1.82) is 0 Å². The highest BCUT2D eigenvalue weighted by molar-refractivity contribution is 5.84. The first kappa shape index (κ1) is 29.3. The number of rotatable bonds is 10. The number of fused-ring (bicyclic) bond motifs is 3. The van der Waals surface area contributed by atoms with Crippen LogP contribution < -0.4 is 40.3 Å². The van der Waals surface area contributed by atoms with E-state index in [1.165, 1.54) is 20.1 Å². The highest BCUT2D eigenvalue weighted by Crippen LogP contribution is 2.50. The molecule has 1 unspecified atom stereocenters. The standard InChI is InChI=1S/C31H35N3O7/c1-18(35)34-24-12-8-20-14-27(39-3)30(40-4)31(41-5)29(20)22-11-13-25(26(36)15-23(22)24)32-17-28(37)33-16-19-6-9-21(38-2)10-7-19/h6-7,9-11,13-15,24H,8,12,16-17H2,1-5H3,(H,32,36)(H,33,37)(H,34,35). The maximum atomic E-state index is 13.4. The van der Waals surface area contributed by atoms with Crippen LogP contribution in [0, 0.1) is 0 Å². The maximum Gasteiger partial charge on any atom is 0.239 e. The molecule has 10 nitrogen and oxygen atoms in total. The molecule has 10 heteroatoms. The Morgan fingerprint density at radius 2 is 1.63 bits per heavy atom. The average Bonchev–Trinajstić information content (AvgIpc) is 3.22. The van der Waals surface area contributed by atoms with Crippen LogP contribution in [0.4, 0.5) is 5.69 Å². The quantitative estimate of drug-likeness (QED) is 0.343. The van der Waals surface area contributed by atoms with Crippen molar-refractivity contribution < 1.29 is 28.5 Å². The molecule has 3 N–H and O–H groups in total. The molecule has 3 aromatic rings. The second-order valence-electron chi connectivity index (χ2n) is 9.57. The summed E-state index contributed by atoms with van der Waals surface area (Å²) in [6.45, 7) is 1.69. The number of amides is 2. The van der Waals surface area contributed by atoms with E-state index in [0.717, 1.165) is 22.4 Å². The van der Waals surface area contributed by atoms with Gasteiger partial charge in [-0.2, -0.15) is 0 Å². The molecular formula is C31H35N3O7. The van der Waals surface area contributed by atoms with Crippen LogP contribution >= 0.6 is 0 Å². The molecule has 0 saturated heterocycles. The lowest BCUT2D eigenvalue weighted by Crippen LogP contribution is -2.30. The normalized spacial score (nSPS) is 13.5. The van der Waals surface area contributed by atoms with Crippen molar-refractivity contribution in [3.8, 4) is 34.1 Å². The number of anilines is 1. The van der Waals surface area contributed by atoms with Crippen LogP contribution in [0.3, 0.4) is 0 Å². The molecule has 1 atom stereocenters. The van der Waals surface area contributed by atoms with Gasteiger partial charge in [-0.15, -0.1) is 0 Å². The van der Waals surface area contributed by atoms with Gasteiger partial charge in [0.15, 0.2) is 11.5 Å². The van der Waals surface area contributed by atoms with E-state index in [4.69, 9.17) is 18.9 Å². The second kappa shape index (κ2) is 13.1. The molecule has 1 aliphatic carbocycles. The van der Waals surface area contributed by atoms with E-state index in [1.807, 2.05) is 36.4 Å². The summed E-state index contributed by atoms with van der Waals surface area (Å²) in [7, 11) is 6.24. The van der Waals surface area contributed by atoms with E-state index < -0.39 is 6.04 Å². The first-order valence-corrected chi connectivity index (χ1v) is 13.2. The van der Waals surface area contributed by atoms with E-state index >= 15 is 0 Å². The number of ether oxygens (including phenoxy) is 4. The lowest BCUT2D eigenvalue weighted by molar-refractivity contribution is -0.120. The zero-order valence-corrected chi connectivity index (χ0v) is 23.9. The second-order valence-corrected chi connectivity index (χ2v) is 9.57.